The van der Waals surface area contributed by atoms with E-state index in [-0.39, 0.29) is 11.7 Å². The maximum atomic E-state index is 12.6. The van der Waals surface area contributed by atoms with Crippen molar-refractivity contribution >= 4 is 39.3 Å². The van der Waals surface area contributed by atoms with E-state index in [1.54, 1.807) is 26.4 Å². The van der Waals surface area contributed by atoms with Gasteiger partial charge in [0.25, 0.3) is 0 Å². The molecule has 1 N–H and O–H groups in total. The number of ether oxygens (including phenoxy) is 2. The Morgan fingerprint density at radius 2 is 1.70 bits per heavy atom. The molecule has 0 unspecified atom stereocenters. The Morgan fingerprint density at radius 3 is 2.39 bits per heavy atom. The number of carbonyl (C=O) groups excluding carboxylic acids is 1. The van der Waals surface area contributed by atoms with E-state index in [4.69, 9.17) is 9.47 Å². The van der Waals surface area contributed by atoms with E-state index < -0.39 is 0 Å². The number of benzene rings is 3. The standard InChI is InChI=1S/C24H21BrN4O3S/c1-31-19-13-11-18(12-14-19)29-23(16-7-9-17(25)10-8-16)27-28-24(29)33-15-22(30)26-20-5-3-4-6-21(20)32-2/h3-14H,15H2,1-2H3,(H,26,30). The first-order chi connectivity index (χ1) is 16.1. The third kappa shape index (κ3) is 5.37. The lowest BCUT2D eigenvalue weighted by molar-refractivity contribution is -0.113. The maximum absolute atomic E-state index is 12.6. The predicted octanol–water partition coefficient (Wildman–Crippen LogP) is 5.44. The van der Waals surface area contributed by atoms with Gasteiger partial charge in [-0.3, -0.25) is 9.36 Å². The zero-order valence-electron chi connectivity index (χ0n) is 18.0. The fraction of sp³-hybridized carbons (Fsp3) is 0.125. The highest BCUT2D eigenvalue weighted by Gasteiger charge is 2.18. The Bertz CT molecular complexity index is 1240. The van der Waals surface area contributed by atoms with Crippen molar-refractivity contribution in [2.24, 2.45) is 0 Å². The van der Waals surface area contributed by atoms with Gasteiger partial charge in [0.05, 0.1) is 25.7 Å². The molecule has 7 nitrogen and oxygen atoms in total. The van der Waals surface area contributed by atoms with Gasteiger partial charge in [-0.25, -0.2) is 0 Å². The van der Waals surface area contributed by atoms with Gasteiger partial charge in [-0.05, 0) is 48.5 Å². The highest BCUT2D eigenvalue weighted by molar-refractivity contribution is 9.10. The molecule has 4 rings (SSSR count). The quantitative estimate of drug-likeness (QED) is 0.309. The van der Waals surface area contributed by atoms with Crippen LogP contribution in [-0.2, 0) is 4.79 Å². The largest absolute Gasteiger partial charge is 0.497 e. The Morgan fingerprint density at radius 1 is 0.970 bits per heavy atom. The fourth-order valence-corrected chi connectivity index (χ4v) is 4.19. The lowest BCUT2D eigenvalue weighted by Gasteiger charge is -2.12. The number of amides is 1. The molecule has 0 radical (unpaired) electrons. The van der Waals surface area contributed by atoms with Gasteiger partial charge in [0.1, 0.15) is 11.5 Å². The van der Waals surface area contributed by atoms with Crippen LogP contribution < -0.4 is 14.8 Å². The number of methoxy groups -OCH3 is 2. The summed E-state index contributed by atoms with van der Waals surface area (Å²) in [6, 6.07) is 22.8. The number of nitrogens with one attached hydrogen (secondary N) is 1. The van der Waals surface area contributed by atoms with Gasteiger partial charge < -0.3 is 14.8 Å². The van der Waals surface area contributed by atoms with Crippen molar-refractivity contribution in [2.45, 2.75) is 5.16 Å². The summed E-state index contributed by atoms with van der Waals surface area (Å²) in [5, 5.41) is 12.3. The second-order valence-electron chi connectivity index (χ2n) is 6.88. The van der Waals surface area contributed by atoms with Gasteiger partial charge in [0.2, 0.25) is 5.91 Å². The van der Waals surface area contributed by atoms with E-state index in [1.165, 1.54) is 11.8 Å². The molecule has 0 atom stereocenters. The molecule has 0 aliphatic carbocycles. The summed E-state index contributed by atoms with van der Waals surface area (Å²) in [5.74, 6) is 2.03. The Labute approximate surface area is 204 Å². The molecule has 0 saturated heterocycles. The lowest BCUT2D eigenvalue weighted by atomic mass is 10.2. The van der Waals surface area contributed by atoms with Crippen LogP contribution in [0.3, 0.4) is 0 Å². The van der Waals surface area contributed by atoms with E-state index in [0.717, 1.165) is 21.5 Å². The topological polar surface area (TPSA) is 78.3 Å². The van der Waals surface area contributed by atoms with E-state index in [9.17, 15) is 4.79 Å². The number of hydrogen-bond donors (Lipinski definition) is 1. The van der Waals surface area contributed by atoms with Crippen LogP contribution in [0.2, 0.25) is 0 Å². The highest BCUT2D eigenvalue weighted by Crippen LogP contribution is 2.30. The molecule has 1 aromatic heterocycles. The van der Waals surface area contributed by atoms with Crippen LogP contribution in [0.5, 0.6) is 11.5 Å². The molecule has 0 aliphatic rings. The number of nitrogens with zero attached hydrogens (tertiary/aromatic N) is 3. The third-order valence-corrected chi connectivity index (χ3v) is 6.24. The first-order valence-electron chi connectivity index (χ1n) is 10.0. The number of halogens is 1. The van der Waals surface area contributed by atoms with Crippen molar-refractivity contribution < 1.29 is 14.3 Å². The Hall–Kier alpha value is -3.30. The Kier molecular flexibility index (Phi) is 7.31. The molecular formula is C24H21BrN4O3S. The average Bonchev–Trinajstić information content (AvgIpc) is 3.27. The van der Waals surface area contributed by atoms with Gasteiger partial charge in [-0.2, -0.15) is 0 Å². The number of para-hydroxylation sites is 2. The van der Waals surface area contributed by atoms with Crippen LogP contribution in [0.25, 0.3) is 17.1 Å². The number of thioether (sulfide) groups is 1. The minimum Gasteiger partial charge on any atom is -0.497 e. The molecule has 4 aromatic rings. The van der Waals surface area contributed by atoms with Gasteiger partial charge in [0, 0.05) is 15.7 Å². The van der Waals surface area contributed by atoms with Crippen molar-refractivity contribution in [1.29, 1.82) is 0 Å². The minimum atomic E-state index is -0.168. The summed E-state index contributed by atoms with van der Waals surface area (Å²) in [5.41, 5.74) is 2.40. The van der Waals surface area contributed by atoms with E-state index in [1.807, 2.05) is 65.2 Å². The maximum Gasteiger partial charge on any atom is 0.234 e. The van der Waals surface area contributed by atoms with E-state index in [0.29, 0.717) is 22.4 Å². The zero-order chi connectivity index (χ0) is 23.2. The molecule has 0 saturated carbocycles. The van der Waals surface area contributed by atoms with Crippen LogP contribution in [0.1, 0.15) is 0 Å². The Balaban J connectivity index is 1.60. The van der Waals surface area contributed by atoms with Gasteiger partial charge in [0.15, 0.2) is 11.0 Å². The molecule has 0 fully saturated rings. The van der Waals surface area contributed by atoms with Crippen LogP contribution in [-0.4, -0.2) is 40.6 Å². The molecule has 0 bridgehead atoms. The summed E-state index contributed by atoms with van der Waals surface area (Å²) in [6.07, 6.45) is 0. The monoisotopic (exact) mass is 524 g/mol. The molecule has 0 aliphatic heterocycles. The summed E-state index contributed by atoms with van der Waals surface area (Å²) in [7, 11) is 3.20. The summed E-state index contributed by atoms with van der Waals surface area (Å²) < 4.78 is 13.5. The van der Waals surface area contributed by atoms with Gasteiger partial charge in [-0.15, -0.1) is 10.2 Å². The summed E-state index contributed by atoms with van der Waals surface area (Å²) in [6.45, 7) is 0. The van der Waals surface area contributed by atoms with Crippen molar-refractivity contribution in [1.82, 2.24) is 14.8 Å². The number of hydrogen-bond acceptors (Lipinski definition) is 6. The first-order valence-corrected chi connectivity index (χ1v) is 11.8. The second-order valence-corrected chi connectivity index (χ2v) is 8.74. The molecular weight excluding hydrogens is 504 g/mol. The van der Waals surface area contributed by atoms with Crippen LogP contribution in [0, 0.1) is 0 Å². The van der Waals surface area contributed by atoms with E-state index in [2.05, 4.69) is 31.4 Å². The van der Waals surface area contributed by atoms with E-state index >= 15 is 0 Å². The van der Waals surface area contributed by atoms with Crippen molar-refractivity contribution in [3.63, 3.8) is 0 Å². The zero-order valence-corrected chi connectivity index (χ0v) is 20.4. The molecule has 9 heteroatoms. The second kappa shape index (κ2) is 10.5. The van der Waals surface area contributed by atoms with Crippen LogP contribution in [0.15, 0.2) is 82.4 Å². The molecule has 3 aromatic carbocycles. The van der Waals surface area contributed by atoms with Crippen LogP contribution >= 0.6 is 27.7 Å². The fourth-order valence-electron chi connectivity index (χ4n) is 3.18. The van der Waals surface area contributed by atoms with Crippen molar-refractivity contribution in [3.8, 4) is 28.6 Å². The normalized spacial score (nSPS) is 10.6. The smallest absolute Gasteiger partial charge is 0.234 e. The van der Waals surface area contributed by atoms with Crippen LogP contribution in [0.4, 0.5) is 5.69 Å². The molecule has 1 amide bonds. The predicted molar refractivity (Wildman–Crippen MR) is 133 cm³/mol. The number of rotatable bonds is 8. The van der Waals surface area contributed by atoms with Gasteiger partial charge in [-0.1, -0.05) is 52.0 Å². The summed E-state index contributed by atoms with van der Waals surface area (Å²) in [4.78, 5) is 12.6. The SMILES string of the molecule is COc1ccc(-n2c(SCC(=O)Nc3ccccc3OC)nnc2-c2ccc(Br)cc2)cc1. The average molecular weight is 525 g/mol. The molecule has 33 heavy (non-hydrogen) atoms. The van der Waals surface area contributed by atoms with Crippen molar-refractivity contribution in [2.75, 3.05) is 25.3 Å². The summed E-state index contributed by atoms with van der Waals surface area (Å²) >= 11 is 4.77. The molecule has 1 heterocycles. The van der Waals surface area contributed by atoms with Crippen molar-refractivity contribution in [3.05, 3.63) is 77.3 Å². The molecule has 168 valence electrons. The number of aromatic nitrogens is 3. The van der Waals surface area contributed by atoms with Gasteiger partial charge >= 0.3 is 0 Å². The number of anilines is 1. The minimum absolute atomic E-state index is 0.159. The lowest BCUT2D eigenvalue weighted by Crippen LogP contribution is -2.15. The highest BCUT2D eigenvalue weighted by atomic mass is 79.9. The first kappa shape index (κ1) is 22.9. The number of carbonyl (C=O) groups is 1. The third-order valence-electron chi connectivity index (χ3n) is 4.78. The molecule has 0 spiro atoms.